The molecule has 18 heavy (non-hydrogen) atoms. The molecule has 0 radical (unpaired) electrons. The van der Waals surface area contributed by atoms with E-state index < -0.39 is 6.10 Å². The van der Waals surface area contributed by atoms with Crippen molar-refractivity contribution in [1.82, 2.24) is 4.98 Å². The molecule has 1 aromatic heterocycles. The third kappa shape index (κ3) is 3.31. The zero-order valence-electron chi connectivity index (χ0n) is 10.3. The molecule has 1 unspecified atom stereocenters. The summed E-state index contributed by atoms with van der Waals surface area (Å²) in [6, 6.07) is 9.64. The van der Waals surface area contributed by atoms with Crippen LogP contribution in [0.2, 0.25) is 5.02 Å². The maximum absolute atomic E-state index is 10.1. The van der Waals surface area contributed by atoms with Crippen molar-refractivity contribution in [1.29, 1.82) is 0 Å². The number of rotatable bonds is 4. The first-order valence-corrected chi connectivity index (χ1v) is 6.37. The number of hydrogen-bond acceptors (Lipinski definition) is 2. The molecule has 3 heteroatoms. The first-order chi connectivity index (χ1) is 8.66. The lowest BCUT2D eigenvalue weighted by molar-refractivity contribution is 0.168. The van der Waals surface area contributed by atoms with Crippen LogP contribution < -0.4 is 0 Å². The van der Waals surface area contributed by atoms with Gasteiger partial charge in [-0.3, -0.25) is 4.98 Å². The lowest BCUT2D eigenvalue weighted by Crippen LogP contribution is -2.00. The van der Waals surface area contributed by atoms with E-state index in [4.69, 9.17) is 11.6 Å². The van der Waals surface area contributed by atoms with Crippen LogP contribution in [-0.4, -0.2) is 10.1 Å². The molecule has 0 aliphatic carbocycles. The fraction of sp³-hybridized carbons (Fsp3) is 0.267. The smallest absolute Gasteiger partial charge is 0.0793 e. The fourth-order valence-electron chi connectivity index (χ4n) is 1.84. The van der Waals surface area contributed by atoms with Crippen molar-refractivity contribution in [3.8, 4) is 0 Å². The van der Waals surface area contributed by atoms with Crippen molar-refractivity contribution in [2.24, 2.45) is 0 Å². The molecule has 2 rings (SSSR count). The first kappa shape index (κ1) is 13.1. The van der Waals surface area contributed by atoms with Crippen molar-refractivity contribution in [2.75, 3.05) is 0 Å². The van der Waals surface area contributed by atoms with E-state index >= 15 is 0 Å². The number of benzene rings is 1. The summed E-state index contributed by atoms with van der Waals surface area (Å²) in [5.74, 6) is 0. The summed E-state index contributed by atoms with van der Waals surface area (Å²) in [5.41, 5.74) is 3.09. The molecule has 1 atom stereocenters. The van der Waals surface area contributed by atoms with Crippen LogP contribution in [0.1, 0.15) is 29.2 Å². The van der Waals surface area contributed by atoms with E-state index in [0.717, 1.165) is 17.5 Å². The van der Waals surface area contributed by atoms with Crippen LogP contribution in [-0.2, 0) is 6.42 Å². The molecule has 0 saturated heterocycles. The highest BCUT2D eigenvalue weighted by molar-refractivity contribution is 6.31. The van der Waals surface area contributed by atoms with Crippen molar-refractivity contribution in [3.05, 3.63) is 64.4 Å². The minimum absolute atomic E-state index is 0.476. The Morgan fingerprint density at radius 1 is 1.22 bits per heavy atom. The van der Waals surface area contributed by atoms with E-state index in [9.17, 15) is 5.11 Å². The summed E-state index contributed by atoms with van der Waals surface area (Å²) >= 11 is 6.06. The highest BCUT2D eigenvalue weighted by Gasteiger charge is 2.09. The molecule has 1 N–H and O–H groups in total. The number of hydrogen-bond donors (Lipinski definition) is 1. The van der Waals surface area contributed by atoms with Crippen LogP contribution in [0.4, 0.5) is 0 Å². The fourth-order valence-corrected chi connectivity index (χ4v) is 2.02. The molecule has 0 spiro atoms. The van der Waals surface area contributed by atoms with Gasteiger partial charge in [0.1, 0.15) is 0 Å². The second kappa shape index (κ2) is 5.98. The Bertz CT molecular complexity index is 513. The maximum atomic E-state index is 10.1. The van der Waals surface area contributed by atoms with Gasteiger partial charge < -0.3 is 5.11 Å². The Morgan fingerprint density at radius 2 is 1.94 bits per heavy atom. The Balaban J connectivity index is 1.99. The van der Waals surface area contributed by atoms with Gasteiger partial charge in [0, 0.05) is 17.4 Å². The Labute approximate surface area is 112 Å². The number of halogens is 1. The second-order valence-corrected chi connectivity index (χ2v) is 4.83. The largest absolute Gasteiger partial charge is 0.388 e. The summed E-state index contributed by atoms with van der Waals surface area (Å²) in [6.07, 6.45) is 4.57. The quantitative estimate of drug-likeness (QED) is 0.910. The van der Waals surface area contributed by atoms with Crippen LogP contribution in [0.5, 0.6) is 0 Å². The molecule has 1 aromatic carbocycles. The maximum Gasteiger partial charge on any atom is 0.0793 e. The molecular formula is C15H16ClNO. The van der Waals surface area contributed by atoms with Gasteiger partial charge in [-0.1, -0.05) is 23.7 Å². The number of nitrogens with zero attached hydrogens (tertiary/aromatic N) is 1. The van der Waals surface area contributed by atoms with E-state index in [2.05, 4.69) is 4.98 Å². The number of aryl methyl sites for hydroxylation is 2. The topological polar surface area (TPSA) is 33.1 Å². The van der Waals surface area contributed by atoms with Gasteiger partial charge in [0.2, 0.25) is 0 Å². The molecule has 0 aliphatic heterocycles. The molecule has 2 nitrogen and oxygen atoms in total. The standard InChI is InChI=1S/C15H16ClNO/c1-11-2-4-13(10-14(11)16)15(18)5-3-12-6-8-17-9-7-12/h2,4,6-10,15,18H,3,5H2,1H3. The van der Waals surface area contributed by atoms with Crippen LogP contribution in [0.25, 0.3) is 0 Å². The summed E-state index contributed by atoms with van der Waals surface area (Å²) < 4.78 is 0. The average Bonchev–Trinajstić information content (AvgIpc) is 2.40. The molecule has 94 valence electrons. The molecular weight excluding hydrogens is 246 g/mol. The molecule has 0 bridgehead atoms. The molecule has 0 amide bonds. The second-order valence-electron chi connectivity index (χ2n) is 4.42. The molecule has 0 saturated carbocycles. The highest BCUT2D eigenvalue weighted by atomic mass is 35.5. The summed E-state index contributed by atoms with van der Waals surface area (Å²) in [4.78, 5) is 3.97. The molecule has 2 aromatic rings. The summed E-state index contributed by atoms with van der Waals surface area (Å²) in [5, 5.41) is 10.8. The lowest BCUT2D eigenvalue weighted by Gasteiger charge is -2.12. The van der Waals surface area contributed by atoms with Gasteiger partial charge in [-0.05, 0) is 54.7 Å². The monoisotopic (exact) mass is 261 g/mol. The Hall–Kier alpha value is -1.38. The normalized spacial score (nSPS) is 12.4. The van der Waals surface area contributed by atoms with E-state index in [1.54, 1.807) is 12.4 Å². The van der Waals surface area contributed by atoms with Crippen molar-refractivity contribution >= 4 is 11.6 Å². The number of pyridine rings is 1. The third-order valence-corrected chi connectivity index (χ3v) is 3.44. The zero-order valence-corrected chi connectivity index (χ0v) is 11.1. The first-order valence-electron chi connectivity index (χ1n) is 6.00. The van der Waals surface area contributed by atoms with Gasteiger partial charge in [-0.25, -0.2) is 0 Å². The summed E-state index contributed by atoms with van der Waals surface area (Å²) in [6.45, 7) is 1.95. The number of aliphatic hydroxyl groups is 1. The van der Waals surface area contributed by atoms with E-state index in [1.807, 2.05) is 37.3 Å². The van der Waals surface area contributed by atoms with Gasteiger partial charge in [0.05, 0.1) is 6.10 Å². The predicted octanol–water partition coefficient (Wildman–Crippen LogP) is 3.71. The molecule has 1 heterocycles. The average molecular weight is 262 g/mol. The summed E-state index contributed by atoms with van der Waals surface area (Å²) in [7, 11) is 0. The molecule has 0 fully saturated rings. The van der Waals surface area contributed by atoms with Gasteiger partial charge in [0.25, 0.3) is 0 Å². The van der Waals surface area contributed by atoms with E-state index in [-0.39, 0.29) is 0 Å². The minimum Gasteiger partial charge on any atom is -0.388 e. The minimum atomic E-state index is -0.476. The van der Waals surface area contributed by atoms with Crippen LogP contribution in [0.15, 0.2) is 42.7 Å². The lowest BCUT2D eigenvalue weighted by atomic mass is 10.0. The van der Waals surface area contributed by atoms with Gasteiger partial charge in [0.15, 0.2) is 0 Å². The molecule has 0 aliphatic rings. The Kier molecular flexibility index (Phi) is 4.34. The zero-order chi connectivity index (χ0) is 13.0. The predicted molar refractivity (Wildman–Crippen MR) is 73.7 cm³/mol. The van der Waals surface area contributed by atoms with Crippen LogP contribution in [0, 0.1) is 6.92 Å². The van der Waals surface area contributed by atoms with Crippen molar-refractivity contribution < 1.29 is 5.11 Å². The SMILES string of the molecule is Cc1ccc(C(O)CCc2ccncc2)cc1Cl. The van der Waals surface area contributed by atoms with Crippen LogP contribution in [0.3, 0.4) is 0 Å². The van der Waals surface area contributed by atoms with E-state index in [0.29, 0.717) is 11.4 Å². The van der Waals surface area contributed by atoms with Gasteiger partial charge in [-0.2, -0.15) is 0 Å². The third-order valence-electron chi connectivity index (χ3n) is 3.04. The van der Waals surface area contributed by atoms with E-state index in [1.165, 1.54) is 5.56 Å². The van der Waals surface area contributed by atoms with Gasteiger partial charge >= 0.3 is 0 Å². The van der Waals surface area contributed by atoms with Crippen molar-refractivity contribution in [3.63, 3.8) is 0 Å². The number of aromatic nitrogens is 1. The van der Waals surface area contributed by atoms with Crippen LogP contribution >= 0.6 is 11.6 Å². The van der Waals surface area contributed by atoms with Gasteiger partial charge in [-0.15, -0.1) is 0 Å². The van der Waals surface area contributed by atoms with Crippen molar-refractivity contribution in [2.45, 2.75) is 25.9 Å². The number of aliphatic hydroxyl groups excluding tert-OH is 1. The highest BCUT2D eigenvalue weighted by Crippen LogP contribution is 2.24. The Morgan fingerprint density at radius 3 is 2.61 bits per heavy atom.